The molecular weight excluding hydrogens is 412 g/mol. The second-order valence-corrected chi connectivity index (χ2v) is 9.23. The Kier molecular flexibility index (Phi) is 5.69. The predicted octanol–water partition coefficient (Wildman–Crippen LogP) is 4.28. The predicted molar refractivity (Wildman–Crippen MR) is 121 cm³/mol. The van der Waals surface area contributed by atoms with Gasteiger partial charge in [-0.25, -0.2) is 8.42 Å². The van der Waals surface area contributed by atoms with Crippen molar-refractivity contribution < 1.29 is 17.9 Å². The van der Waals surface area contributed by atoms with E-state index in [1.54, 1.807) is 37.1 Å². The molecule has 1 N–H and O–H groups in total. The van der Waals surface area contributed by atoms with E-state index in [4.69, 9.17) is 4.74 Å². The Labute approximate surface area is 182 Å². The molecule has 0 spiro atoms. The van der Waals surface area contributed by atoms with Crippen LogP contribution in [-0.4, -0.2) is 21.4 Å². The minimum atomic E-state index is -3.75. The Morgan fingerprint density at radius 1 is 1.00 bits per heavy atom. The molecule has 1 aliphatic heterocycles. The third kappa shape index (κ3) is 4.41. The second-order valence-electron chi connectivity index (χ2n) is 7.55. The van der Waals surface area contributed by atoms with Crippen LogP contribution in [0.25, 0.3) is 0 Å². The summed E-state index contributed by atoms with van der Waals surface area (Å²) >= 11 is 0. The van der Waals surface area contributed by atoms with Crippen molar-refractivity contribution in [1.29, 1.82) is 0 Å². The maximum atomic E-state index is 12.9. The van der Waals surface area contributed by atoms with Gasteiger partial charge in [-0.2, -0.15) is 0 Å². The topological polar surface area (TPSA) is 75.7 Å². The summed E-state index contributed by atoms with van der Waals surface area (Å²) in [6.45, 7) is 2.29. The molecule has 0 saturated heterocycles. The van der Waals surface area contributed by atoms with Gasteiger partial charge in [-0.1, -0.05) is 30.3 Å². The average molecular weight is 437 g/mol. The highest BCUT2D eigenvalue weighted by molar-refractivity contribution is 7.92. The van der Waals surface area contributed by atoms with E-state index in [0.717, 1.165) is 22.4 Å². The number of aryl methyl sites for hydroxylation is 2. The molecule has 4 rings (SSSR count). The lowest BCUT2D eigenvalue weighted by Crippen LogP contribution is -2.34. The molecule has 6 nitrogen and oxygen atoms in total. The highest BCUT2D eigenvalue weighted by atomic mass is 32.2. The third-order valence-electron chi connectivity index (χ3n) is 5.39. The SMILES string of the molecule is COc1ccc(S(=O)(=O)Nc2ccc3c(c2)CCC(=O)N3Cc2ccccc2)cc1C. The van der Waals surface area contributed by atoms with Crippen molar-refractivity contribution in [1.82, 2.24) is 0 Å². The average Bonchev–Trinajstić information content (AvgIpc) is 2.76. The number of carbonyl (C=O) groups excluding carboxylic acids is 1. The number of anilines is 2. The van der Waals surface area contributed by atoms with Gasteiger partial charge in [-0.05, 0) is 66.4 Å². The number of nitrogens with one attached hydrogen (secondary N) is 1. The van der Waals surface area contributed by atoms with Crippen LogP contribution in [0.5, 0.6) is 5.75 Å². The highest BCUT2D eigenvalue weighted by Crippen LogP contribution is 2.32. The molecule has 160 valence electrons. The van der Waals surface area contributed by atoms with Crippen molar-refractivity contribution in [2.45, 2.75) is 31.2 Å². The molecule has 3 aromatic rings. The Morgan fingerprint density at radius 3 is 2.48 bits per heavy atom. The molecule has 1 amide bonds. The van der Waals surface area contributed by atoms with Crippen molar-refractivity contribution in [3.05, 3.63) is 83.4 Å². The molecule has 0 fully saturated rings. The van der Waals surface area contributed by atoms with E-state index in [-0.39, 0.29) is 10.8 Å². The van der Waals surface area contributed by atoms with Crippen LogP contribution in [0.3, 0.4) is 0 Å². The van der Waals surface area contributed by atoms with Crippen LogP contribution in [0.4, 0.5) is 11.4 Å². The number of hydrogen-bond donors (Lipinski definition) is 1. The molecule has 1 aliphatic rings. The van der Waals surface area contributed by atoms with E-state index >= 15 is 0 Å². The molecule has 7 heteroatoms. The molecule has 3 aromatic carbocycles. The minimum absolute atomic E-state index is 0.0680. The van der Waals surface area contributed by atoms with Crippen LogP contribution in [0.1, 0.15) is 23.1 Å². The summed E-state index contributed by atoms with van der Waals surface area (Å²) in [7, 11) is -2.20. The van der Waals surface area contributed by atoms with Gasteiger partial charge in [0.05, 0.1) is 18.6 Å². The van der Waals surface area contributed by atoms with Crippen LogP contribution in [0.15, 0.2) is 71.6 Å². The van der Waals surface area contributed by atoms with Crippen molar-refractivity contribution in [2.75, 3.05) is 16.7 Å². The minimum Gasteiger partial charge on any atom is -0.496 e. The first-order chi connectivity index (χ1) is 14.9. The van der Waals surface area contributed by atoms with E-state index in [1.165, 1.54) is 6.07 Å². The lowest BCUT2D eigenvalue weighted by molar-refractivity contribution is -0.119. The Hall–Kier alpha value is -3.32. The summed E-state index contributed by atoms with van der Waals surface area (Å²) in [5, 5.41) is 0. The number of nitrogens with zero attached hydrogens (tertiary/aromatic N) is 1. The number of fused-ring (bicyclic) bond motifs is 1. The number of hydrogen-bond acceptors (Lipinski definition) is 4. The Bertz CT molecular complexity index is 1220. The zero-order valence-corrected chi connectivity index (χ0v) is 18.3. The lowest BCUT2D eigenvalue weighted by atomic mass is 10.00. The summed E-state index contributed by atoms with van der Waals surface area (Å²) in [4.78, 5) is 14.5. The van der Waals surface area contributed by atoms with Crippen molar-refractivity contribution in [2.24, 2.45) is 0 Å². The standard InChI is InChI=1S/C24H24N2O4S/c1-17-14-21(10-12-23(17)30-2)31(28,29)25-20-9-11-22-19(15-20)8-13-24(27)26(22)16-18-6-4-3-5-7-18/h3-7,9-12,14-15,25H,8,13,16H2,1-2H3. The maximum Gasteiger partial charge on any atom is 0.261 e. The molecule has 1 heterocycles. The van der Waals surface area contributed by atoms with Gasteiger partial charge >= 0.3 is 0 Å². The Morgan fingerprint density at radius 2 is 1.77 bits per heavy atom. The Balaban J connectivity index is 1.59. The summed E-state index contributed by atoms with van der Waals surface area (Å²) in [5.74, 6) is 0.703. The van der Waals surface area contributed by atoms with Crippen LogP contribution >= 0.6 is 0 Å². The third-order valence-corrected chi connectivity index (χ3v) is 6.77. The molecule has 31 heavy (non-hydrogen) atoms. The van der Waals surface area contributed by atoms with Gasteiger partial charge in [0.1, 0.15) is 5.75 Å². The van der Waals surface area contributed by atoms with Gasteiger partial charge in [0.2, 0.25) is 5.91 Å². The fraction of sp³-hybridized carbons (Fsp3) is 0.208. The largest absolute Gasteiger partial charge is 0.496 e. The second kappa shape index (κ2) is 8.43. The zero-order chi connectivity index (χ0) is 22.0. The number of ether oxygens (including phenoxy) is 1. The van der Waals surface area contributed by atoms with Gasteiger partial charge in [0, 0.05) is 17.8 Å². The van der Waals surface area contributed by atoms with Crippen molar-refractivity contribution in [3.8, 4) is 5.75 Å². The van der Waals surface area contributed by atoms with Crippen LogP contribution in [-0.2, 0) is 27.8 Å². The van der Waals surface area contributed by atoms with E-state index in [9.17, 15) is 13.2 Å². The number of methoxy groups -OCH3 is 1. The first kappa shape index (κ1) is 20.9. The molecule has 0 radical (unpaired) electrons. The first-order valence-corrected chi connectivity index (χ1v) is 11.5. The lowest BCUT2D eigenvalue weighted by Gasteiger charge is -2.30. The summed E-state index contributed by atoms with van der Waals surface area (Å²) in [5.41, 5.74) is 4.03. The molecule has 0 unspecified atom stereocenters. The highest BCUT2D eigenvalue weighted by Gasteiger charge is 2.25. The molecule has 0 atom stereocenters. The first-order valence-electron chi connectivity index (χ1n) is 10.0. The molecule has 0 saturated carbocycles. The maximum absolute atomic E-state index is 12.9. The van der Waals surface area contributed by atoms with Gasteiger partial charge in [0.25, 0.3) is 10.0 Å². The molecular formula is C24H24N2O4S. The molecule has 0 bridgehead atoms. The summed E-state index contributed by atoms with van der Waals surface area (Å²) < 4.78 is 33.6. The number of rotatable bonds is 6. The fourth-order valence-corrected chi connectivity index (χ4v) is 4.93. The number of carbonyl (C=O) groups is 1. The number of amides is 1. The van der Waals surface area contributed by atoms with Gasteiger partial charge < -0.3 is 9.64 Å². The quantitative estimate of drug-likeness (QED) is 0.626. The molecule has 0 aliphatic carbocycles. The number of benzene rings is 3. The van der Waals surface area contributed by atoms with Crippen molar-refractivity contribution in [3.63, 3.8) is 0 Å². The molecule has 0 aromatic heterocycles. The monoisotopic (exact) mass is 436 g/mol. The van der Waals surface area contributed by atoms with E-state index < -0.39 is 10.0 Å². The summed E-state index contributed by atoms with van der Waals surface area (Å²) in [6, 6.07) is 19.9. The van der Waals surface area contributed by atoms with Gasteiger partial charge in [-0.15, -0.1) is 0 Å². The van der Waals surface area contributed by atoms with Gasteiger partial charge in [-0.3, -0.25) is 9.52 Å². The van der Waals surface area contributed by atoms with Crippen LogP contribution in [0.2, 0.25) is 0 Å². The normalized spacial score (nSPS) is 13.6. The van der Waals surface area contributed by atoms with E-state index in [1.807, 2.05) is 42.5 Å². The van der Waals surface area contributed by atoms with Crippen LogP contribution in [0, 0.1) is 6.92 Å². The number of sulfonamides is 1. The van der Waals surface area contributed by atoms with Crippen LogP contribution < -0.4 is 14.4 Å². The van der Waals surface area contributed by atoms with E-state index in [2.05, 4.69) is 4.72 Å². The fourth-order valence-electron chi connectivity index (χ4n) is 3.79. The van der Waals surface area contributed by atoms with Gasteiger partial charge in [0.15, 0.2) is 0 Å². The zero-order valence-electron chi connectivity index (χ0n) is 17.5. The van der Waals surface area contributed by atoms with Crippen molar-refractivity contribution >= 4 is 27.3 Å². The summed E-state index contributed by atoms with van der Waals surface area (Å²) in [6.07, 6.45) is 0.977. The smallest absolute Gasteiger partial charge is 0.261 e. The van der Waals surface area contributed by atoms with E-state index in [0.29, 0.717) is 30.8 Å².